The standard InChI is InChI=1S/C20H22N2O4/c1-20(2)14-25-13-12-22(20)18(23)15-8-10-16(11-9-15)21-19(24)26-17-6-4-3-5-7-17/h3-11H,12-14H2,1-2H3,(H,21,24). The predicted octanol–water partition coefficient (Wildman–Crippen LogP) is 3.55. The summed E-state index contributed by atoms with van der Waals surface area (Å²) in [5.74, 6) is 0.419. The van der Waals surface area contributed by atoms with Crippen LogP contribution < -0.4 is 10.1 Å². The zero-order chi connectivity index (χ0) is 18.6. The third-order valence-corrected chi connectivity index (χ3v) is 4.22. The quantitative estimate of drug-likeness (QED) is 0.915. The molecule has 2 amide bonds. The van der Waals surface area contributed by atoms with E-state index in [0.717, 1.165) is 0 Å². The Morgan fingerprint density at radius 1 is 1.08 bits per heavy atom. The molecule has 2 aromatic carbocycles. The molecule has 136 valence electrons. The van der Waals surface area contributed by atoms with E-state index in [0.29, 0.717) is 36.8 Å². The summed E-state index contributed by atoms with van der Waals surface area (Å²) in [6.45, 7) is 5.60. The number of carbonyl (C=O) groups excluding carboxylic acids is 2. The molecule has 0 unspecified atom stereocenters. The SMILES string of the molecule is CC1(C)COCCN1C(=O)c1ccc(NC(=O)Oc2ccccc2)cc1. The van der Waals surface area contributed by atoms with E-state index in [1.165, 1.54) is 0 Å². The number of rotatable bonds is 3. The van der Waals surface area contributed by atoms with Crippen molar-refractivity contribution in [1.82, 2.24) is 4.90 Å². The van der Waals surface area contributed by atoms with Crippen LogP contribution in [0.25, 0.3) is 0 Å². The summed E-state index contributed by atoms with van der Waals surface area (Å²) >= 11 is 0. The molecule has 26 heavy (non-hydrogen) atoms. The van der Waals surface area contributed by atoms with Gasteiger partial charge in [-0.15, -0.1) is 0 Å². The van der Waals surface area contributed by atoms with Gasteiger partial charge in [0.2, 0.25) is 0 Å². The molecule has 6 heteroatoms. The fraction of sp³-hybridized carbons (Fsp3) is 0.300. The highest BCUT2D eigenvalue weighted by molar-refractivity contribution is 5.95. The molecule has 3 rings (SSSR count). The van der Waals surface area contributed by atoms with Crippen LogP contribution in [0.15, 0.2) is 54.6 Å². The van der Waals surface area contributed by atoms with Gasteiger partial charge in [-0.1, -0.05) is 18.2 Å². The maximum absolute atomic E-state index is 12.7. The van der Waals surface area contributed by atoms with Crippen LogP contribution >= 0.6 is 0 Å². The molecule has 0 saturated carbocycles. The number of benzene rings is 2. The van der Waals surface area contributed by atoms with Gasteiger partial charge in [-0.2, -0.15) is 0 Å². The van der Waals surface area contributed by atoms with Crippen molar-refractivity contribution in [3.8, 4) is 5.75 Å². The number of carbonyl (C=O) groups is 2. The van der Waals surface area contributed by atoms with E-state index in [1.54, 1.807) is 48.5 Å². The summed E-state index contributed by atoms with van der Waals surface area (Å²) in [6.07, 6.45) is -0.579. The first-order chi connectivity index (χ1) is 12.5. The highest BCUT2D eigenvalue weighted by atomic mass is 16.6. The van der Waals surface area contributed by atoms with E-state index >= 15 is 0 Å². The smallest absolute Gasteiger partial charge is 0.410 e. The zero-order valence-corrected chi connectivity index (χ0v) is 14.9. The van der Waals surface area contributed by atoms with Crippen molar-refractivity contribution in [3.05, 3.63) is 60.2 Å². The molecular weight excluding hydrogens is 332 g/mol. The van der Waals surface area contributed by atoms with Crippen molar-refractivity contribution in [2.24, 2.45) is 0 Å². The minimum atomic E-state index is -0.579. The van der Waals surface area contributed by atoms with Crippen LogP contribution in [0.5, 0.6) is 5.75 Å². The van der Waals surface area contributed by atoms with Gasteiger partial charge in [0.05, 0.1) is 18.8 Å². The largest absolute Gasteiger partial charge is 0.417 e. The normalized spacial score (nSPS) is 16.0. The molecule has 1 heterocycles. The van der Waals surface area contributed by atoms with Gasteiger partial charge >= 0.3 is 6.09 Å². The van der Waals surface area contributed by atoms with Crippen molar-refractivity contribution in [2.75, 3.05) is 25.1 Å². The average molecular weight is 354 g/mol. The highest BCUT2D eigenvalue weighted by Crippen LogP contribution is 2.22. The number of nitrogens with zero attached hydrogens (tertiary/aromatic N) is 1. The van der Waals surface area contributed by atoms with E-state index < -0.39 is 6.09 Å². The van der Waals surface area contributed by atoms with Crippen molar-refractivity contribution < 1.29 is 19.1 Å². The first-order valence-corrected chi connectivity index (χ1v) is 8.49. The Balaban J connectivity index is 1.63. The molecule has 1 saturated heterocycles. The Bertz CT molecular complexity index is 772. The molecule has 2 aromatic rings. The molecule has 6 nitrogen and oxygen atoms in total. The zero-order valence-electron chi connectivity index (χ0n) is 14.9. The first kappa shape index (κ1) is 17.9. The van der Waals surface area contributed by atoms with Gasteiger partial charge in [0, 0.05) is 17.8 Å². The second-order valence-electron chi connectivity index (χ2n) is 6.73. The lowest BCUT2D eigenvalue weighted by Gasteiger charge is -2.42. The van der Waals surface area contributed by atoms with Crippen LogP contribution in [0, 0.1) is 0 Å². The van der Waals surface area contributed by atoms with E-state index in [4.69, 9.17) is 9.47 Å². The molecule has 0 bridgehead atoms. The number of amides is 2. The Morgan fingerprint density at radius 2 is 1.77 bits per heavy atom. The third kappa shape index (κ3) is 4.21. The molecule has 1 N–H and O–H groups in total. The van der Waals surface area contributed by atoms with Crippen molar-refractivity contribution >= 4 is 17.7 Å². The fourth-order valence-electron chi connectivity index (χ4n) is 2.83. The van der Waals surface area contributed by atoms with E-state index in [-0.39, 0.29) is 11.4 Å². The van der Waals surface area contributed by atoms with Crippen LogP contribution in [0.3, 0.4) is 0 Å². The Hall–Kier alpha value is -2.86. The number of nitrogens with one attached hydrogen (secondary N) is 1. The fourth-order valence-corrected chi connectivity index (χ4v) is 2.83. The summed E-state index contributed by atoms with van der Waals surface area (Å²) < 4.78 is 10.6. The number of anilines is 1. The maximum Gasteiger partial charge on any atom is 0.417 e. The van der Waals surface area contributed by atoms with Gasteiger partial charge in [-0.05, 0) is 50.2 Å². The maximum atomic E-state index is 12.7. The van der Waals surface area contributed by atoms with Crippen LogP contribution in [0.2, 0.25) is 0 Å². The number of hydrogen-bond acceptors (Lipinski definition) is 4. The summed E-state index contributed by atoms with van der Waals surface area (Å²) in [6, 6.07) is 15.6. The molecule has 0 spiro atoms. The van der Waals surface area contributed by atoms with Gasteiger partial charge in [-0.3, -0.25) is 10.1 Å². The van der Waals surface area contributed by atoms with Gasteiger partial charge in [0.25, 0.3) is 5.91 Å². The summed E-state index contributed by atoms with van der Waals surface area (Å²) in [7, 11) is 0. The third-order valence-electron chi connectivity index (χ3n) is 4.22. The van der Waals surface area contributed by atoms with Crippen molar-refractivity contribution in [1.29, 1.82) is 0 Å². The Kier molecular flexibility index (Phi) is 5.23. The number of morpholine rings is 1. The number of para-hydroxylation sites is 1. The average Bonchev–Trinajstić information content (AvgIpc) is 2.62. The molecule has 0 aliphatic carbocycles. The molecule has 0 radical (unpaired) electrons. The number of hydrogen-bond donors (Lipinski definition) is 1. The van der Waals surface area contributed by atoms with Gasteiger partial charge in [-0.25, -0.2) is 4.79 Å². The monoisotopic (exact) mass is 354 g/mol. The topological polar surface area (TPSA) is 67.9 Å². The van der Waals surface area contributed by atoms with Crippen molar-refractivity contribution in [2.45, 2.75) is 19.4 Å². The summed E-state index contributed by atoms with van der Waals surface area (Å²) in [4.78, 5) is 26.5. The van der Waals surface area contributed by atoms with E-state index in [9.17, 15) is 9.59 Å². The van der Waals surface area contributed by atoms with Gasteiger partial charge < -0.3 is 14.4 Å². The van der Waals surface area contributed by atoms with Crippen molar-refractivity contribution in [3.63, 3.8) is 0 Å². The highest BCUT2D eigenvalue weighted by Gasteiger charge is 2.34. The molecular formula is C20H22N2O4. The van der Waals surface area contributed by atoms with E-state index in [1.807, 2.05) is 24.8 Å². The van der Waals surface area contributed by atoms with E-state index in [2.05, 4.69) is 5.32 Å². The van der Waals surface area contributed by atoms with Gasteiger partial charge in [0.1, 0.15) is 5.75 Å². The molecule has 1 aliphatic rings. The second kappa shape index (κ2) is 7.58. The van der Waals surface area contributed by atoms with Crippen LogP contribution in [-0.2, 0) is 4.74 Å². The molecule has 1 fully saturated rings. The lowest BCUT2D eigenvalue weighted by Crippen LogP contribution is -2.55. The number of ether oxygens (including phenoxy) is 2. The van der Waals surface area contributed by atoms with Crippen LogP contribution in [-0.4, -0.2) is 42.2 Å². The van der Waals surface area contributed by atoms with Crippen LogP contribution in [0.1, 0.15) is 24.2 Å². The second-order valence-corrected chi connectivity index (χ2v) is 6.73. The van der Waals surface area contributed by atoms with Crippen LogP contribution in [0.4, 0.5) is 10.5 Å². The minimum absolute atomic E-state index is 0.0447. The minimum Gasteiger partial charge on any atom is -0.410 e. The lowest BCUT2D eigenvalue weighted by molar-refractivity contribution is -0.0370. The molecule has 0 atom stereocenters. The molecule has 0 aromatic heterocycles. The summed E-state index contributed by atoms with van der Waals surface area (Å²) in [5, 5.41) is 2.65. The Morgan fingerprint density at radius 3 is 2.42 bits per heavy atom. The lowest BCUT2D eigenvalue weighted by atomic mass is 10.0. The Labute approximate surface area is 152 Å². The predicted molar refractivity (Wildman–Crippen MR) is 98.5 cm³/mol. The summed E-state index contributed by atoms with van der Waals surface area (Å²) in [5.41, 5.74) is 0.789. The van der Waals surface area contributed by atoms with Gasteiger partial charge in [0.15, 0.2) is 0 Å². The first-order valence-electron chi connectivity index (χ1n) is 8.49. The molecule has 1 aliphatic heterocycles.